The summed E-state index contributed by atoms with van der Waals surface area (Å²) in [5.41, 5.74) is 1.34. The number of sulfonamides is 1. The number of methoxy groups -OCH3 is 2. The van der Waals surface area contributed by atoms with E-state index < -0.39 is 28.5 Å². The second-order valence-electron chi connectivity index (χ2n) is 11.8. The molecule has 258 valence electrons. The lowest BCUT2D eigenvalue weighted by molar-refractivity contribution is -0.140. The molecule has 0 bridgehead atoms. The largest absolute Gasteiger partial charge is 0.497 e. The molecule has 49 heavy (non-hydrogen) atoms. The summed E-state index contributed by atoms with van der Waals surface area (Å²) in [5.74, 6) is -0.436. The summed E-state index contributed by atoms with van der Waals surface area (Å²) in [6.45, 7) is -0.827. The maximum absolute atomic E-state index is 14.8. The average Bonchev–Trinajstić information content (AvgIpc) is 3.63. The maximum atomic E-state index is 14.8. The number of anilines is 1. The normalized spacial score (nSPS) is 13.8. The highest BCUT2D eigenvalue weighted by atomic mass is 35.5. The van der Waals surface area contributed by atoms with Gasteiger partial charge in [0.05, 0.1) is 24.8 Å². The predicted molar refractivity (Wildman–Crippen MR) is 192 cm³/mol. The molecule has 2 amide bonds. The number of halogens is 2. The van der Waals surface area contributed by atoms with Crippen molar-refractivity contribution in [3.8, 4) is 11.5 Å². The van der Waals surface area contributed by atoms with Gasteiger partial charge in [-0.15, -0.1) is 0 Å². The van der Waals surface area contributed by atoms with Crippen LogP contribution < -0.4 is 19.1 Å². The number of hydrogen-bond donors (Lipinski definition) is 1. The Morgan fingerprint density at radius 1 is 0.857 bits per heavy atom. The van der Waals surface area contributed by atoms with Gasteiger partial charge in [-0.2, -0.15) is 0 Å². The molecule has 0 radical (unpaired) electrons. The summed E-state index contributed by atoms with van der Waals surface area (Å²) < 4.78 is 40.8. The van der Waals surface area contributed by atoms with Crippen LogP contribution in [0.25, 0.3) is 0 Å². The van der Waals surface area contributed by atoms with Crippen LogP contribution in [0.5, 0.6) is 11.5 Å². The van der Waals surface area contributed by atoms with E-state index in [1.165, 1.54) is 37.3 Å². The van der Waals surface area contributed by atoms with Crippen LogP contribution in [0.1, 0.15) is 36.8 Å². The van der Waals surface area contributed by atoms with Crippen molar-refractivity contribution in [2.45, 2.75) is 55.6 Å². The number of nitrogens with zero attached hydrogens (tertiary/aromatic N) is 2. The fraction of sp³-hybridized carbons (Fsp3) is 0.297. The number of ether oxygens (including phenoxy) is 2. The monoisotopic (exact) mass is 723 g/mol. The summed E-state index contributed by atoms with van der Waals surface area (Å²) in [6, 6.07) is 25.8. The molecule has 0 saturated heterocycles. The molecule has 4 aromatic carbocycles. The molecular weight excluding hydrogens is 685 g/mol. The summed E-state index contributed by atoms with van der Waals surface area (Å²) in [7, 11) is -1.49. The lowest BCUT2D eigenvalue weighted by Gasteiger charge is -2.35. The van der Waals surface area contributed by atoms with Gasteiger partial charge in [-0.05, 0) is 54.8 Å². The minimum atomic E-state index is -4.36. The van der Waals surface area contributed by atoms with E-state index in [2.05, 4.69) is 5.32 Å². The number of amides is 2. The third-order valence-corrected chi connectivity index (χ3v) is 11.1. The van der Waals surface area contributed by atoms with Crippen molar-refractivity contribution in [2.24, 2.45) is 0 Å². The highest BCUT2D eigenvalue weighted by Gasteiger charge is 2.37. The molecule has 1 atom stereocenters. The van der Waals surface area contributed by atoms with Crippen LogP contribution in [0.3, 0.4) is 0 Å². The van der Waals surface area contributed by atoms with Crippen LogP contribution in [-0.4, -0.2) is 58.0 Å². The van der Waals surface area contributed by atoms with E-state index >= 15 is 0 Å². The molecule has 1 N–H and O–H groups in total. The SMILES string of the molecule is COc1ccc(OC)c(N(CC(=O)N(Cc2c(Cl)cccc2Cl)[C@H](Cc2ccccc2)C(=O)NC2CCCC2)S(=O)(=O)c2ccccc2)c1. The fourth-order valence-corrected chi connectivity index (χ4v) is 7.95. The Labute approximate surface area is 297 Å². The van der Waals surface area contributed by atoms with Crippen LogP contribution in [-0.2, 0) is 32.6 Å². The van der Waals surface area contributed by atoms with E-state index in [1.54, 1.807) is 48.5 Å². The van der Waals surface area contributed by atoms with Gasteiger partial charge in [0.25, 0.3) is 10.0 Å². The topological polar surface area (TPSA) is 105 Å². The fourth-order valence-electron chi connectivity index (χ4n) is 6.00. The van der Waals surface area contributed by atoms with E-state index in [9.17, 15) is 18.0 Å². The smallest absolute Gasteiger partial charge is 0.264 e. The molecule has 9 nitrogen and oxygen atoms in total. The van der Waals surface area contributed by atoms with E-state index in [4.69, 9.17) is 32.7 Å². The maximum Gasteiger partial charge on any atom is 0.264 e. The molecule has 0 unspecified atom stereocenters. The molecule has 5 rings (SSSR count). The Hall–Kier alpha value is -4.25. The number of hydrogen-bond acceptors (Lipinski definition) is 6. The molecule has 0 spiro atoms. The number of nitrogens with one attached hydrogen (secondary N) is 1. The van der Waals surface area contributed by atoms with E-state index in [-0.39, 0.29) is 41.2 Å². The first-order valence-corrected chi connectivity index (χ1v) is 18.2. The summed E-state index contributed by atoms with van der Waals surface area (Å²) in [5, 5.41) is 3.77. The third kappa shape index (κ3) is 8.68. The van der Waals surface area contributed by atoms with Gasteiger partial charge in [0.2, 0.25) is 11.8 Å². The van der Waals surface area contributed by atoms with Gasteiger partial charge >= 0.3 is 0 Å². The number of benzene rings is 4. The Balaban J connectivity index is 1.64. The first-order valence-electron chi connectivity index (χ1n) is 16.0. The molecule has 4 aromatic rings. The molecule has 1 fully saturated rings. The lowest BCUT2D eigenvalue weighted by Crippen LogP contribution is -2.54. The van der Waals surface area contributed by atoms with Gasteiger partial charge in [-0.1, -0.05) is 90.6 Å². The van der Waals surface area contributed by atoms with Gasteiger partial charge in [-0.25, -0.2) is 8.42 Å². The third-order valence-electron chi connectivity index (χ3n) is 8.63. The minimum absolute atomic E-state index is 0.0253. The minimum Gasteiger partial charge on any atom is -0.497 e. The van der Waals surface area contributed by atoms with Gasteiger partial charge < -0.3 is 19.7 Å². The Kier molecular flexibility index (Phi) is 12.1. The Morgan fingerprint density at radius 3 is 2.10 bits per heavy atom. The molecular formula is C37H39Cl2N3O6S. The van der Waals surface area contributed by atoms with Crippen LogP contribution in [0.4, 0.5) is 5.69 Å². The first-order chi connectivity index (χ1) is 23.6. The molecule has 1 aliphatic carbocycles. The number of carbonyl (C=O) groups is 2. The highest BCUT2D eigenvalue weighted by molar-refractivity contribution is 7.92. The lowest BCUT2D eigenvalue weighted by atomic mass is 10.0. The standard InChI is InChI=1S/C37H39Cl2N3O6S/c1-47-28-20-21-35(48-2)33(23-28)42(49(45,46)29-16-7-4-8-17-29)25-36(43)41(24-30-31(38)18-11-19-32(30)39)34(22-26-12-5-3-6-13-26)37(44)40-27-14-9-10-15-27/h3-8,11-13,16-21,23,27,34H,9-10,14-15,22,24-25H2,1-2H3,(H,40,44)/t34-/m1/s1. The van der Waals surface area contributed by atoms with Crippen molar-refractivity contribution in [2.75, 3.05) is 25.1 Å². The van der Waals surface area contributed by atoms with Crippen molar-refractivity contribution < 1.29 is 27.5 Å². The van der Waals surface area contributed by atoms with Crippen molar-refractivity contribution in [1.82, 2.24) is 10.2 Å². The number of rotatable bonds is 14. The first kappa shape index (κ1) is 36.0. The van der Waals surface area contributed by atoms with Crippen LogP contribution >= 0.6 is 23.2 Å². The summed E-state index contributed by atoms with van der Waals surface area (Å²) in [6.07, 6.45) is 3.85. The zero-order chi connectivity index (χ0) is 35.0. The predicted octanol–water partition coefficient (Wildman–Crippen LogP) is 6.90. The average molecular weight is 725 g/mol. The van der Waals surface area contributed by atoms with Gasteiger partial charge in [0.1, 0.15) is 24.1 Å². The van der Waals surface area contributed by atoms with Crippen molar-refractivity contribution >= 4 is 50.7 Å². The van der Waals surface area contributed by atoms with Crippen LogP contribution in [0.2, 0.25) is 10.0 Å². The highest BCUT2D eigenvalue weighted by Crippen LogP contribution is 2.36. The molecule has 0 aromatic heterocycles. The molecule has 1 aliphatic rings. The molecule has 0 heterocycles. The Morgan fingerprint density at radius 2 is 1.49 bits per heavy atom. The van der Waals surface area contributed by atoms with E-state index in [0.717, 1.165) is 35.6 Å². The van der Waals surface area contributed by atoms with E-state index in [0.29, 0.717) is 21.4 Å². The van der Waals surface area contributed by atoms with Gasteiger partial charge in [0, 0.05) is 40.7 Å². The van der Waals surface area contributed by atoms with Crippen LogP contribution in [0.15, 0.2) is 102 Å². The van der Waals surface area contributed by atoms with Gasteiger partial charge in [0.15, 0.2) is 0 Å². The summed E-state index contributed by atoms with van der Waals surface area (Å²) in [4.78, 5) is 30.4. The molecule has 0 aliphatic heterocycles. The second kappa shape index (κ2) is 16.4. The zero-order valence-corrected chi connectivity index (χ0v) is 29.7. The molecule has 1 saturated carbocycles. The zero-order valence-electron chi connectivity index (χ0n) is 27.4. The number of carbonyl (C=O) groups excluding carboxylic acids is 2. The quantitative estimate of drug-likeness (QED) is 0.152. The van der Waals surface area contributed by atoms with Crippen LogP contribution in [0, 0.1) is 0 Å². The van der Waals surface area contributed by atoms with Crippen molar-refractivity contribution in [1.29, 1.82) is 0 Å². The van der Waals surface area contributed by atoms with Crippen molar-refractivity contribution in [3.05, 3.63) is 118 Å². The van der Waals surface area contributed by atoms with E-state index in [1.807, 2.05) is 30.3 Å². The molecule has 12 heteroatoms. The second-order valence-corrected chi connectivity index (χ2v) is 14.5. The Bertz CT molecular complexity index is 1830. The van der Waals surface area contributed by atoms with Gasteiger partial charge in [-0.3, -0.25) is 13.9 Å². The summed E-state index contributed by atoms with van der Waals surface area (Å²) >= 11 is 13.3. The van der Waals surface area contributed by atoms with Crippen molar-refractivity contribution in [3.63, 3.8) is 0 Å².